The van der Waals surface area contributed by atoms with Gasteiger partial charge in [0.1, 0.15) is 12.1 Å². The second-order valence-electron chi connectivity index (χ2n) is 6.41. The van der Waals surface area contributed by atoms with Crippen molar-refractivity contribution in [3.63, 3.8) is 0 Å². The minimum atomic E-state index is -0.299. The highest BCUT2D eigenvalue weighted by molar-refractivity contribution is 5.97. The number of rotatable bonds is 9. The van der Waals surface area contributed by atoms with Gasteiger partial charge in [0.05, 0.1) is 5.52 Å². The third-order valence-electron chi connectivity index (χ3n) is 4.30. The molecule has 0 atom stereocenters. The molecule has 3 aromatic rings. The standard InChI is InChI=1S/C22H23N5O2/c1-2-20(28)23-13-11-21(29)27-17-8-9-19-18(14-17)22(26-15-25-19)24-12-10-16-6-4-3-5-7-16/h2-9,14-15H,1,10-13H2,(H,23,28)(H,27,29)(H,24,25,26). The fourth-order valence-corrected chi connectivity index (χ4v) is 2.84. The number of carbonyl (C=O) groups is 2. The van der Waals surface area contributed by atoms with Crippen molar-refractivity contribution in [1.29, 1.82) is 0 Å². The molecule has 0 radical (unpaired) electrons. The van der Waals surface area contributed by atoms with E-state index in [1.807, 2.05) is 30.3 Å². The Hall–Kier alpha value is -3.74. The van der Waals surface area contributed by atoms with Gasteiger partial charge in [0, 0.05) is 30.6 Å². The van der Waals surface area contributed by atoms with Gasteiger partial charge in [-0.1, -0.05) is 36.9 Å². The van der Waals surface area contributed by atoms with Crippen LogP contribution in [0.3, 0.4) is 0 Å². The largest absolute Gasteiger partial charge is 0.369 e. The fourth-order valence-electron chi connectivity index (χ4n) is 2.84. The summed E-state index contributed by atoms with van der Waals surface area (Å²) in [6, 6.07) is 15.7. The zero-order chi connectivity index (χ0) is 20.5. The predicted octanol–water partition coefficient (Wildman–Crippen LogP) is 2.92. The van der Waals surface area contributed by atoms with Gasteiger partial charge in [-0.05, 0) is 36.3 Å². The van der Waals surface area contributed by atoms with Crippen LogP contribution in [-0.4, -0.2) is 34.9 Å². The lowest BCUT2D eigenvalue weighted by molar-refractivity contribution is -0.117. The summed E-state index contributed by atoms with van der Waals surface area (Å²) in [6.07, 6.45) is 3.74. The molecule has 0 bridgehead atoms. The van der Waals surface area contributed by atoms with Gasteiger partial charge >= 0.3 is 0 Å². The van der Waals surface area contributed by atoms with Gasteiger partial charge in [-0.3, -0.25) is 9.59 Å². The summed E-state index contributed by atoms with van der Waals surface area (Å²) in [7, 11) is 0. The number of aromatic nitrogens is 2. The van der Waals surface area contributed by atoms with E-state index >= 15 is 0 Å². The predicted molar refractivity (Wildman–Crippen MR) is 115 cm³/mol. The molecule has 0 unspecified atom stereocenters. The molecule has 0 saturated heterocycles. The molecule has 1 heterocycles. The molecule has 0 aliphatic carbocycles. The lowest BCUT2D eigenvalue weighted by Gasteiger charge is -2.11. The number of nitrogens with one attached hydrogen (secondary N) is 3. The summed E-state index contributed by atoms with van der Waals surface area (Å²) in [5, 5.41) is 9.59. The summed E-state index contributed by atoms with van der Waals surface area (Å²) in [5.41, 5.74) is 2.69. The molecule has 7 nitrogen and oxygen atoms in total. The Labute approximate surface area is 169 Å². The maximum absolute atomic E-state index is 12.1. The van der Waals surface area contributed by atoms with Crippen molar-refractivity contribution in [3.05, 3.63) is 73.1 Å². The molecule has 0 aliphatic rings. The van der Waals surface area contributed by atoms with Crippen molar-refractivity contribution >= 4 is 34.2 Å². The molecule has 3 N–H and O–H groups in total. The number of carbonyl (C=O) groups excluding carboxylic acids is 2. The highest BCUT2D eigenvalue weighted by atomic mass is 16.2. The number of fused-ring (bicyclic) bond motifs is 1. The highest BCUT2D eigenvalue weighted by Gasteiger charge is 2.08. The van der Waals surface area contributed by atoms with Crippen LogP contribution in [0.25, 0.3) is 10.9 Å². The molecular weight excluding hydrogens is 366 g/mol. The van der Waals surface area contributed by atoms with Gasteiger partial charge in [-0.25, -0.2) is 9.97 Å². The molecule has 0 fully saturated rings. The van der Waals surface area contributed by atoms with E-state index in [2.05, 4.69) is 44.6 Å². The van der Waals surface area contributed by atoms with E-state index in [1.165, 1.54) is 18.0 Å². The molecule has 2 aromatic carbocycles. The van der Waals surface area contributed by atoms with Gasteiger partial charge in [0.2, 0.25) is 11.8 Å². The number of anilines is 2. The first-order valence-corrected chi connectivity index (χ1v) is 9.38. The lowest BCUT2D eigenvalue weighted by Crippen LogP contribution is -2.25. The van der Waals surface area contributed by atoms with Gasteiger partial charge < -0.3 is 16.0 Å². The molecule has 0 saturated carbocycles. The van der Waals surface area contributed by atoms with Crippen LogP contribution >= 0.6 is 0 Å². The lowest BCUT2D eigenvalue weighted by atomic mass is 10.1. The zero-order valence-electron chi connectivity index (χ0n) is 16.0. The Morgan fingerprint density at radius 2 is 1.86 bits per heavy atom. The molecule has 148 valence electrons. The minimum absolute atomic E-state index is 0.172. The van der Waals surface area contributed by atoms with Gasteiger partial charge in [-0.2, -0.15) is 0 Å². The normalized spacial score (nSPS) is 10.3. The zero-order valence-corrected chi connectivity index (χ0v) is 16.0. The number of amides is 2. The summed E-state index contributed by atoms with van der Waals surface area (Å²) in [6.45, 7) is 4.35. The first kappa shape index (κ1) is 20.0. The van der Waals surface area contributed by atoms with E-state index in [4.69, 9.17) is 0 Å². The molecular formula is C22H23N5O2. The van der Waals surface area contributed by atoms with E-state index < -0.39 is 0 Å². The Morgan fingerprint density at radius 3 is 2.66 bits per heavy atom. The Kier molecular flexibility index (Phi) is 6.89. The van der Waals surface area contributed by atoms with Crippen LogP contribution in [0, 0.1) is 0 Å². The van der Waals surface area contributed by atoms with Crippen LogP contribution in [0.1, 0.15) is 12.0 Å². The fraction of sp³-hybridized carbons (Fsp3) is 0.182. The van der Waals surface area contributed by atoms with Crippen molar-refractivity contribution in [2.75, 3.05) is 23.7 Å². The average molecular weight is 389 g/mol. The second kappa shape index (κ2) is 9.98. The summed E-state index contributed by atoms with van der Waals surface area (Å²) in [4.78, 5) is 31.9. The van der Waals surface area contributed by atoms with Crippen LogP contribution in [0.2, 0.25) is 0 Å². The SMILES string of the molecule is C=CC(=O)NCCC(=O)Nc1ccc2ncnc(NCCc3ccccc3)c2c1. The molecule has 0 aliphatic heterocycles. The molecule has 0 spiro atoms. The smallest absolute Gasteiger partial charge is 0.243 e. The summed E-state index contributed by atoms with van der Waals surface area (Å²) in [5.74, 6) is 0.233. The van der Waals surface area contributed by atoms with Gasteiger partial charge in [0.15, 0.2) is 0 Å². The second-order valence-corrected chi connectivity index (χ2v) is 6.41. The quantitative estimate of drug-likeness (QED) is 0.489. The van der Waals surface area contributed by atoms with E-state index in [-0.39, 0.29) is 24.8 Å². The van der Waals surface area contributed by atoms with Crippen molar-refractivity contribution in [2.45, 2.75) is 12.8 Å². The first-order chi connectivity index (χ1) is 14.2. The first-order valence-electron chi connectivity index (χ1n) is 9.38. The molecule has 7 heteroatoms. The number of benzene rings is 2. The molecule has 2 amide bonds. The Balaban J connectivity index is 1.63. The van der Waals surface area contributed by atoms with E-state index in [9.17, 15) is 9.59 Å². The monoisotopic (exact) mass is 389 g/mol. The van der Waals surface area contributed by atoms with Crippen molar-refractivity contribution < 1.29 is 9.59 Å². The number of hydrogen-bond acceptors (Lipinski definition) is 5. The Morgan fingerprint density at radius 1 is 1.03 bits per heavy atom. The van der Waals surface area contributed by atoms with Crippen LogP contribution in [0.4, 0.5) is 11.5 Å². The van der Waals surface area contributed by atoms with Crippen LogP contribution in [0.5, 0.6) is 0 Å². The van der Waals surface area contributed by atoms with Crippen LogP contribution < -0.4 is 16.0 Å². The molecule has 29 heavy (non-hydrogen) atoms. The van der Waals surface area contributed by atoms with E-state index in [0.29, 0.717) is 5.69 Å². The maximum atomic E-state index is 12.1. The topological polar surface area (TPSA) is 96.0 Å². The Bertz CT molecular complexity index is 1000. The number of hydrogen-bond donors (Lipinski definition) is 3. The van der Waals surface area contributed by atoms with Crippen LogP contribution in [-0.2, 0) is 16.0 Å². The number of nitrogens with zero attached hydrogens (tertiary/aromatic N) is 2. The van der Waals surface area contributed by atoms with Crippen LogP contribution in [0.15, 0.2) is 67.5 Å². The van der Waals surface area contributed by atoms with Gasteiger partial charge in [0.25, 0.3) is 0 Å². The third-order valence-corrected chi connectivity index (χ3v) is 4.30. The van der Waals surface area contributed by atoms with E-state index in [1.54, 1.807) is 6.07 Å². The molecule has 3 rings (SSSR count). The summed E-state index contributed by atoms with van der Waals surface area (Å²) >= 11 is 0. The highest BCUT2D eigenvalue weighted by Crippen LogP contribution is 2.23. The summed E-state index contributed by atoms with van der Waals surface area (Å²) < 4.78 is 0. The average Bonchev–Trinajstić information content (AvgIpc) is 2.74. The van der Waals surface area contributed by atoms with E-state index in [0.717, 1.165) is 29.7 Å². The van der Waals surface area contributed by atoms with Crippen molar-refractivity contribution in [2.24, 2.45) is 0 Å². The van der Waals surface area contributed by atoms with Crippen molar-refractivity contribution in [3.8, 4) is 0 Å². The van der Waals surface area contributed by atoms with Crippen molar-refractivity contribution in [1.82, 2.24) is 15.3 Å². The minimum Gasteiger partial charge on any atom is -0.369 e. The third kappa shape index (κ3) is 5.87. The van der Waals surface area contributed by atoms with Gasteiger partial charge in [-0.15, -0.1) is 0 Å². The maximum Gasteiger partial charge on any atom is 0.243 e. The molecule has 1 aromatic heterocycles.